The number of rotatable bonds is 4. The molecule has 0 atom stereocenters. The molecule has 3 nitrogen and oxygen atoms in total. The molecular formula is C26H19BrF3NO2. The minimum Gasteiger partial charge on any atom is -0.449 e. The van der Waals surface area contributed by atoms with Crippen LogP contribution < -0.4 is 5.32 Å². The Morgan fingerprint density at radius 3 is 2.27 bits per heavy atom. The van der Waals surface area contributed by atoms with Gasteiger partial charge in [0.05, 0.1) is 5.56 Å². The lowest BCUT2D eigenvalue weighted by atomic mass is 9.98. The van der Waals surface area contributed by atoms with Gasteiger partial charge in [0.15, 0.2) is 0 Å². The SMILES string of the molecule is O=C(NCCC#Cc1ccc(Br)c(C(F)(F)F)c1)OCC1c2ccccc2-c2ccccc21. The molecule has 0 heterocycles. The lowest BCUT2D eigenvalue weighted by molar-refractivity contribution is -0.138. The van der Waals surface area contributed by atoms with Crippen molar-refractivity contribution in [3.8, 4) is 23.0 Å². The van der Waals surface area contributed by atoms with Crippen molar-refractivity contribution in [2.75, 3.05) is 13.2 Å². The van der Waals surface area contributed by atoms with Gasteiger partial charge in [-0.3, -0.25) is 0 Å². The maximum absolute atomic E-state index is 13.0. The van der Waals surface area contributed by atoms with Gasteiger partial charge in [0, 0.05) is 28.9 Å². The summed E-state index contributed by atoms with van der Waals surface area (Å²) in [5.41, 5.74) is 4.05. The van der Waals surface area contributed by atoms with Gasteiger partial charge in [0.1, 0.15) is 6.61 Å². The van der Waals surface area contributed by atoms with Gasteiger partial charge in [-0.15, -0.1) is 0 Å². The Hall–Kier alpha value is -3.24. The molecule has 0 fully saturated rings. The molecule has 0 radical (unpaired) electrons. The van der Waals surface area contributed by atoms with Crippen molar-refractivity contribution in [3.05, 3.63) is 93.5 Å². The van der Waals surface area contributed by atoms with E-state index >= 15 is 0 Å². The van der Waals surface area contributed by atoms with Crippen molar-refractivity contribution in [3.63, 3.8) is 0 Å². The normalized spacial score (nSPS) is 12.4. The molecule has 3 aromatic carbocycles. The first-order chi connectivity index (χ1) is 15.8. The van der Waals surface area contributed by atoms with Gasteiger partial charge in [-0.2, -0.15) is 13.2 Å². The quantitative estimate of drug-likeness (QED) is 0.309. The molecule has 33 heavy (non-hydrogen) atoms. The largest absolute Gasteiger partial charge is 0.449 e. The molecule has 1 N–H and O–H groups in total. The Balaban J connectivity index is 1.29. The predicted molar refractivity (Wildman–Crippen MR) is 124 cm³/mol. The smallest absolute Gasteiger partial charge is 0.417 e. The van der Waals surface area contributed by atoms with Gasteiger partial charge >= 0.3 is 12.3 Å². The second kappa shape index (κ2) is 9.72. The van der Waals surface area contributed by atoms with Gasteiger partial charge in [0.2, 0.25) is 0 Å². The van der Waals surface area contributed by atoms with E-state index in [9.17, 15) is 18.0 Å². The Morgan fingerprint density at radius 2 is 1.64 bits per heavy atom. The predicted octanol–water partition coefficient (Wildman–Crippen LogP) is 6.75. The molecule has 0 saturated carbocycles. The fourth-order valence-electron chi connectivity index (χ4n) is 3.86. The lowest BCUT2D eigenvalue weighted by Gasteiger charge is -2.14. The first-order valence-electron chi connectivity index (χ1n) is 10.3. The van der Waals surface area contributed by atoms with E-state index in [1.165, 1.54) is 12.1 Å². The number of hydrogen-bond donors (Lipinski definition) is 1. The maximum atomic E-state index is 13.0. The summed E-state index contributed by atoms with van der Waals surface area (Å²) in [6.07, 6.45) is -4.73. The standard InChI is InChI=1S/C26H19BrF3NO2/c27-24-13-12-17(15-23(24)26(28,29)30)7-5-6-14-31-25(32)33-16-22-20-10-3-1-8-18(20)19-9-2-4-11-21(19)22/h1-4,8-13,15,22H,6,14,16H2,(H,31,32). The number of alkyl carbamates (subject to hydrolysis) is 1. The van der Waals surface area contributed by atoms with Crippen molar-refractivity contribution >= 4 is 22.0 Å². The van der Waals surface area contributed by atoms with Crippen LogP contribution in [0.2, 0.25) is 0 Å². The number of halogens is 4. The first kappa shape index (κ1) is 22.9. The first-order valence-corrected chi connectivity index (χ1v) is 11.1. The number of fused-ring (bicyclic) bond motifs is 3. The van der Waals surface area contributed by atoms with Crippen LogP contribution in [-0.4, -0.2) is 19.2 Å². The highest BCUT2D eigenvalue weighted by Gasteiger charge is 2.33. The Labute approximate surface area is 198 Å². The monoisotopic (exact) mass is 513 g/mol. The Morgan fingerprint density at radius 1 is 1.00 bits per heavy atom. The average molecular weight is 514 g/mol. The van der Waals surface area contributed by atoms with E-state index in [1.54, 1.807) is 0 Å². The molecule has 3 aromatic rings. The molecule has 1 amide bonds. The van der Waals surface area contributed by atoms with Crippen LogP contribution in [0.4, 0.5) is 18.0 Å². The molecule has 0 aromatic heterocycles. The number of benzene rings is 3. The van der Waals surface area contributed by atoms with E-state index in [0.717, 1.165) is 28.3 Å². The van der Waals surface area contributed by atoms with Gasteiger partial charge in [0.25, 0.3) is 0 Å². The molecular weight excluding hydrogens is 495 g/mol. The molecule has 0 saturated heterocycles. The van der Waals surface area contributed by atoms with Crippen LogP contribution in [-0.2, 0) is 10.9 Å². The zero-order chi connectivity index (χ0) is 23.4. The Kier molecular flexibility index (Phi) is 6.75. The van der Waals surface area contributed by atoms with E-state index < -0.39 is 17.8 Å². The van der Waals surface area contributed by atoms with Crippen LogP contribution >= 0.6 is 15.9 Å². The van der Waals surface area contributed by atoms with Gasteiger partial charge in [-0.25, -0.2) is 4.79 Å². The van der Waals surface area contributed by atoms with Crippen molar-refractivity contribution < 1.29 is 22.7 Å². The number of hydrogen-bond acceptors (Lipinski definition) is 2. The van der Waals surface area contributed by atoms with Crippen LogP contribution in [0.5, 0.6) is 0 Å². The lowest BCUT2D eigenvalue weighted by Crippen LogP contribution is -2.26. The van der Waals surface area contributed by atoms with Crippen LogP contribution in [0.25, 0.3) is 11.1 Å². The van der Waals surface area contributed by atoms with Crippen molar-refractivity contribution in [2.24, 2.45) is 0 Å². The molecule has 0 bridgehead atoms. The zero-order valence-corrected chi connectivity index (χ0v) is 19.0. The molecule has 168 valence electrons. The number of nitrogens with one attached hydrogen (secondary N) is 1. The van der Waals surface area contributed by atoms with E-state index in [-0.39, 0.29) is 35.5 Å². The third-order valence-corrected chi connectivity index (χ3v) is 6.06. The highest BCUT2D eigenvalue weighted by atomic mass is 79.9. The highest BCUT2D eigenvalue weighted by Crippen LogP contribution is 2.44. The summed E-state index contributed by atoms with van der Waals surface area (Å²) in [5, 5.41) is 2.63. The van der Waals surface area contributed by atoms with Gasteiger partial charge < -0.3 is 10.1 Å². The molecule has 1 aliphatic carbocycles. The van der Waals surface area contributed by atoms with E-state index in [2.05, 4.69) is 45.2 Å². The molecule has 4 rings (SSSR count). The third kappa shape index (κ3) is 5.23. The fourth-order valence-corrected chi connectivity index (χ4v) is 4.33. The highest BCUT2D eigenvalue weighted by molar-refractivity contribution is 9.10. The molecule has 1 aliphatic rings. The average Bonchev–Trinajstić information content (AvgIpc) is 3.11. The minimum atomic E-state index is -4.46. The summed E-state index contributed by atoms with van der Waals surface area (Å²) in [6, 6.07) is 20.0. The van der Waals surface area contributed by atoms with Crippen LogP contribution in [0.3, 0.4) is 0 Å². The second-order valence-corrected chi connectivity index (χ2v) is 8.35. The van der Waals surface area contributed by atoms with E-state index in [0.29, 0.717) is 0 Å². The maximum Gasteiger partial charge on any atom is 0.417 e. The van der Waals surface area contributed by atoms with Crippen LogP contribution in [0, 0.1) is 11.8 Å². The van der Waals surface area contributed by atoms with Crippen molar-refractivity contribution in [2.45, 2.75) is 18.5 Å². The minimum absolute atomic E-state index is 0.0248. The van der Waals surface area contributed by atoms with E-state index in [1.807, 2.05) is 36.4 Å². The van der Waals surface area contributed by atoms with Gasteiger partial charge in [-0.05, 0) is 40.5 Å². The summed E-state index contributed by atoms with van der Waals surface area (Å²) >= 11 is 2.90. The van der Waals surface area contributed by atoms with Crippen LogP contribution in [0.15, 0.2) is 71.2 Å². The van der Waals surface area contributed by atoms with Crippen molar-refractivity contribution in [1.82, 2.24) is 5.32 Å². The summed E-state index contributed by atoms with van der Waals surface area (Å²) in [7, 11) is 0. The second-order valence-electron chi connectivity index (χ2n) is 7.50. The summed E-state index contributed by atoms with van der Waals surface area (Å²) in [5.74, 6) is 5.44. The molecule has 7 heteroatoms. The van der Waals surface area contributed by atoms with Crippen molar-refractivity contribution in [1.29, 1.82) is 0 Å². The van der Waals surface area contributed by atoms with Crippen LogP contribution in [0.1, 0.15) is 34.6 Å². The summed E-state index contributed by atoms with van der Waals surface area (Å²) in [4.78, 5) is 12.1. The molecule has 0 spiro atoms. The Bertz CT molecular complexity index is 1200. The van der Waals surface area contributed by atoms with Gasteiger partial charge in [-0.1, -0.05) is 76.3 Å². The number of carbonyl (C=O) groups is 1. The van der Waals surface area contributed by atoms with E-state index in [4.69, 9.17) is 4.74 Å². The number of ether oxygens (including phenoxy) is 1. The zero-order valence-electron chi connectivity index (χ0n) is 17.4. The number of alkyl halides is 3. The molecule has 0 aliphatic heterocycles. The number of carbonyl (C=O) groups excluding carboxylic acids is 1. The summed E-state index contributed by atoms with van der Waals surface area (Å²) in [6.45, 7) is 0.441. The fraction of sp³-hybridized carbons (Fsp3) is 0.192. The molecule has 0 unspecified atom stereocenters. The summed E-state index contributed by atoms with van der Waals surface area (Å²) < 4.78 is 44.3. The topological polar surface area (TPSA) is 38.3 Å². The number of amides is 1. The third-order valence-electron chi connectivity index (χ3n) is 5.37.